The molecule has 110 valence electrons. The molecule has 0 spiro atoms. The van der Waals surface area contributed by atoms with E-state index in [1.165, 1.54) is 6.20 Å². The molecule has 0 fully saturated rings. The maximum Gasteiger partial charge on any atom is 0.408 e. The number of alkyl carbamates (subject to hydrolysis) is 1. The van der Waals surface area contributed by atoms with E-state index >= 15 is 0 Å². The Morgan fingerprint density at radius 1 is 1.65 bits per heavy atom. The minimum atomic E-state index is -0.629. The molecule has 0 aromatic carbocycles. The van der Waals surface area contributed by atoms with Gasteiger partial charge in [-0.15, -0.1) is 6.58 Å². The number of nitrogens with one attached hydrogen (secondary N) is 1. The van der Waals surface area contributed by atoms with Gasteiger partial charge in [0.1, 0.15) is 5.60 Å². The Morgan fingerprint density at radius 3 is 2.85 bits per heavy atom. The highest BCUT2D eigenvalue weighted by molar-refractivity contribution is 9.10. The predicted octanol–water partition coefficient (Wildman–Crippen LogP) is 4.13. The summed E-state index contributed by atoms with van der Waals surface area (Å²) in [6, 6.07) is 1.00. The van der Waals surface area contributed by atoms with Crippen LogP contribution in [0.4, 0.5) is 9.18 Å². The lowest BCUT2D eigenvalue weighted by Gasteiger charge is -2.23. The molecule has 1 heterocycles. The summed E-state index contributed by atoms with van der Waals surface area (Å²) in [7, 11) is 0. The van der Waals surface area contributed by atoms with Crippen molar-refractivity contribution in [1.29, 1.82) is 0 Å². The summed E-state index contributed by atoms with van der Waals surface area (Å²) in [4.78, 5) is 15.4. The fourth-order valence-corrected chi connectivity index (χ4v) is 1.91. The Balaban J connectivity index is 2.91. The van der Waals surface area contributed by atoms with Gasteiger partial charge in [-0.3, -0.25) is 0 Å². The van der Waals surface area contributed by atoms with Crippen molar-refractivity contribution in [3.63, 3.8) is 0 Å². The number of amides is 1. The van der Waals surface area contributed by atoms with Gasteiger partial charge in [0, 0.05) is 16.2 Å². The second-order valence-corrected chi connectivity index (χ2v) is 6.17. The summed E-state index contributed by atoms with van der Waals surface area (Å²) in [5.74, 6) is -0.629. The molecule has 0 saturated heterocycles. The average molecular weight is 345 g/mol. The van der Waals surface area contributed by atoms with Crippen molar-refractivity contribution in [3.8, 4) is 0 Å². The molecule has 4 nitrogen and oxygen atoms in total. The Morgan fingerprint density at radius 2 is 2.30 bits per heavy atom. The van der Waals surface area contributed by atoms with Crippen molar-refractivity contribution in [2.45, 2.75) is 38.8 Å². The molecule has 0 saturated carbocycles. The second kappa shape index (κ2) is 6.83. The minimum Gasteiger partial charge on any atom is -0.444 e. The summed E-state index contributed by atoms with van der Waals surface area (Å²) in [5.41, 5.74) is -0.332. The highest BCUT2D eigenvalue weighted by Gasteiger charge is 2.22. The van der Waals surface area contributed by atoms with Crippen LogP contribution in [-0.4, -0.2) is 16.7 Å². The molecule has 20 heavy (non-hydrogen) atoms. The predicted molar refractivity (Wildman–Crippen MR) is 78.8 cm³/mol. The van der Waals surface area contributed by atoms with Gasteiger partial charge < -0.3 is 10.1 Å². The first kappa shape index (κ1) is 16.6. The van der Waals surface area contributed by atoms with Crippen LogP contribution < -0.4 is 5.32 Å². The van der Waals surface area contributed by atoms with Crippen molar-refractivity contribution in [1.82, 2.24) is 10.3 Å². The van der Waals surface area contributed by atoms with Gasteiger partial charge in [-0.25, -0.2) is 9.78 Å². The quantitative estimate of drug-likeness (QED) is 0.660. The first-order chi connectivity index (χ1) is 9.23. The molecule has 1 atom stereocenters. The Kier molecular flexibility index (Phi) is 5.68. The third-order valence-electron chi connectivity index (χ3n) is 2.30. The second-order valence-electron chi connectivity index (χ2n) is 5.26. The van der Waals surface area contributed by atoms with Gasteiger partial charge in [-0.1, -0.05) is 6.08 Å². The third-order valence-corrected chi connectivity index (χ3v) is 2.74. The van der Waals surface area contributed by atoms with Crippen molar-refractivity contribution in [2.24, 2.45) is 0 Å². The van der Waals surface area contributed by atoms with E-state index in [0.29, 0.717) is 10.9 Å². The molecule has 0 bridgehead atoms. The number of nitrogens with zero attached hydrogens (tertiary/aromatic N) is 1. The number of hydrogen-bond donors (Lipinski definition) is 1. The normalized spacial score (nSPS) is 12.7. The first-order valence-electron chi connectivity index (χ1n) is 6.14. The van der Waals surface area contributed by atoms with E-state index in [0.717, 1.165) is 0 Å². The number of halogens is 2. The highest BCUT2D eigenvalue weighted by atomic mass is 79.9. The molecule has 0 aliphatic carbocycles. The van der Waals surface area contributed by atoms with Crippen molar-refractivity contribution in [3.05, 3.63) is 40.9 Å². The van der Waals surface area contributed by atoms with Crippen LogP contribution in [0.5, 0.6) is 0 Å². The van der Waals surface area contributed by atoms with Crippen LogP contribution in [0.25, 0.3) is 0 Å². The molecule has 1 amide bonds. The first-order valence-corrected chi connectivity index (χ1v) is 6.93. The van der Waals surface area contributed by atoms with Crippen LogP contribution >= 0.6 is 15.9 Å². The van der Waals surface area contributed by atoms with E-state index in [1.807, 2.05) is 0 Å². The molecular formula is C14H18BrFN2O2. The summed E-state index contributed by atoms with van der Waals surface area (Å²) in [6.45, 7) is 8.89. The van der Waals surface area contributed by atoms with Gasteiger partial charge in [-0.2, -0.15) is 4.39 Å². The molecule has 1 aromatic heterocycles. The zero-order valence-electron chi connectivity index (χ0n) is 11.7. The molecule has 1 N–H and O–H groups in total. The monoisotopic (exact) mass is 344 g/mol. The Hall–Kier alpha value is -1.43. The third kappa shape index (κ3) is 5.28. The van der Waals surface area contributed by atoms with E-state index < -0.39 is 23.7 Å². The smallest absolute Gasteiger partial charge is 0.408 e. The van der Waals surface area contributed by atoms with Gasteiger partial charge in [0.2, 0.25) is 5.95 Å². The molecule has 6 heteroatoms. The summed E-state index contributed by atoms with van der Waals surface area (Å²) < 4.78 is 19.6. The molecule has 0 aliphatic heterocycles. The van der Waals surface area contributed by atoms with E-state index in [4.69, 9.17) is 4.74 Å². The number of pyridine rings is 1. The average Bonchev–Trinajstić information content (AvgIpc) is 2.29. The van der Waals surface area contributed by atoms with Gasteiger partial charge in [0.25, 0.3) is 0 Å². The fraction of sp³-hybridized carbons (Fsp3) is 0.429. The zero-order chi connectivity index (χ0) is 15.3. The van der Waals surface area contributed by atoms with Crippen LogP contribution in [0.1, 0.15) is 38.8 Å². The van der Waals surface area contributed by atoms with Gasteiger partial charge >= 0.3 is 6.09 Å². The lowest BCUT2D eigenvalue weighted by atomic mass is 10.1. The minimum absolute atomic E-state index is 0.283. The van der Waals surface area contributed by atoms with Gasteiger partial charge in [-0.05, 0) is 49.2 Å². The van der Waals surface area contributed by atoms with Crippen LogP contribution in [0.3, 0.4) is 0 Å². The number of carbonyl (C=O) groups is 1. The molecular weight excluding hydrogens is 327 g/mol. The Bertz CT molecular complexity index is 500. The lowest BCUT2D eigenvalue weighted by molar-refractivity contribution is 0.0503. The van der Waals surface area contributed by atoms with E-state index in [9.17, 15) is 9.18 Å². The van der Waals surface area contributed by atoms with Gasteiger partial charge in [0.15, 0.2) is 0 Å². The fourth-order valence-electron chi connectivity index (χ4n) is 1.56. The molecule has 1 rings (SSSR count). The zero-order valence-corrected chi connectivity index (χ0v) is 13.3. The SMILES string of the molecule is C=CC[C@H](NC(=O)OC(C)(C)C)c1cc(Br)cnc1F. The van der Waals surface area contributed by atoms with Crippen LogP contribution in [0.2, 0.25) is 0 Å². The van der Waals surface area contributed by atoms with E-state index in [1.54, 1.807) is 32.9 Å². The maximum absolute atomic E-state index is 13.8. The van der Waals surface area contributed by atoms with Crippen LogP contribution in [0.15, 0.2) is 29.4 Å². The van der Waals surface area contributed by atoms with Crippen LogP contribution in [0, 0.1) is 5.95 Å². The van der Waals surface area contributed by atoms with Crippen molar-refractivity contribution < 1.29 is 13.9 Å². The lowest BCUT2D eigenvalue weighted by Crippen LogP contribution is -2.35. The molecule has 1 aromatic rings. The number of aromatic nitrogens is 1. The van der Waals surface area contributed by atoms with E-state index in [-0.39, 0.29) is 5.56 Å². The maximum atomic E-state index is 13.8. The molecule has 0 radical (unpaired) electrons. The number of carbonyl (C=O) groups excluding carboxylic acids is 1. The summed E-state index contributed by atoms with van der Waals surface area (Å²) in [5, 5.41) is 2.63. The molecule has 0 unspecified atom stereocenters. The largest absolute Gasteiger partial charge is 0.444 e. The van der Waals surface area contributed by atoms with Gasteiger partial charge in [0.05, 0.1) is 6.04 Å². The van der Waals surface area contributed by atoms with E-state index in [2.05, 4.69) is 32.8 Å². The Labute approximate surface area is 126 Å². The van der Waals surface area contributed by atoms with Crippen molar-refractivity contribution >= 4 is 22.0 Å². The van der Waals surface area contributed by atoms with Crippen molar-refractivity contribution in [2.75, 3.05) is 0 Å². The number of hydrogen-bond acceptors (Lipinski definition) is 3. The summed E-state index contributed by atoms with van der Waals surface area (Å²) in [6.07, 6.45) is 2.72. The number of ether oxygens (including phenoxy) is 1. The number of rotatable bonds is 4. The topological polar surface area (TPSA) is 51.2 Å². The van der Waals surface area contributed by atoms with Crippen LogP contribution in [-0.2, 0) is 4.74 Å². The highest BCUT2D eigenvalue weighted by Crippen LogP contribution is 2.23. The standard InChI is InChI=1S/C14H18BrFN2O2/c1-5-6-11(18-13(19)20-14(2,3)4)10-7-9(15)8-17-12(10)16/h5,7-8,11H,1,6H2,2-4H3,(H,18,19)/t11-/m0/s1. The summed E-state index contributed by atoms with van der Waals surface area (Å²) >= 11 is 3.23. The molecule has 0 aliphatic rings.